The number of halogens is 3. The molecule has 0 saturated heterocycles. The fourth-order valence-corrected chi connectivity index (χ4v) is 3.71. The third-order valence-corrected chi connectivity index (χ3v) is 5.44. The summed E-state index contributed by atoms with van der Waals surface area (Å²) in [5.41, 5.74) is 2.77. The molecule has 0 spiro atoms. The van der Waals surface area contributed by atoms with E-state index >= 15 is 0 Å². The van der Waals surface area contributed by atoms with Gasteiger partial charge >= 0.3 is 0 Å². The van der Waals surface area contributed by atoms with E-state index in [4.69, 9.17) is 32.5 Å². The molecular formula is C20H14BrCl2N3O2. The van der Waals surface area contributed by atoms with Gasteiger partial charge in [0.2, 0.25) is 0 Å². The van der Waals surface area contributed by atoms with Gasteiger partial charge in [0.25, 0.3) is 0 Å². The third kappa shape index (κ3) is 4.24. The summed E-state index contributed by atoms with van der Waals surface area (Å²) in [6.07, 6.45) is 0. The van der Waals surface area contributed by atoms with Crippen LogP contribution in [0.4, 0.5) is 0 Å². The number of hydrogen-bond acceptors (Lipinski definition) is 4. The normalized spacial score (nSPS) is 11.0. The van der Waals surface area contributed by atoms with Crippen LogP contribution in [0, 0.1) is 0 Å². The van der Waals surface area contributed by atoms with E-state index in [1.54, 1.807) is 4.57 Å². The summed E-state index contributed by atoms with van der Waals surface area (Å²) in [7, 11) is 0. The molecule has 4 rings (SSSR count). The minimum absolute atomic E-state index is 0.236. The second kappa shape index (κ2) is 8.39. The zero-order valence-electron chi connectivity index (χ0n) is 14.5. The van der Waals surface area contributed by atoms with Gasteiger partial charge in [-0.1, -0.05) is 58.7 Å². The van der Waals surface area contributed by atoms with Crippen LogP contribution >= 0.6 is 39.1 Å². The van der Waals surface area contributed by atoms with Gasteiger partial charge in [-0.05, 0) is 45.8 Å². The molecule has 0 aliphatic heterocycles. The van der Waals surface area contributed by atoms with Crippen LogP contribution in [0.5, 0.6) is 5.75 Å². The average molecular weight is 479 g/mol. The van der Waals surface area contributed by atoms with E-state index in [0.717, 1.165) is 22.6 Å². The lowest BCUT2D eigenvalue weighted by atomic mass is 10.1. The molecule has 28 heavy (non-hydrogen) atoms. The van der Waals surface area contributed by atoms with Crippen molar-refractivity contribution in [1.82, 2.24) is 14.7 Å². The van der Waals surface area contributed by atoms with Gasteiger partial charge in [-0.2, -0.15) is 0 Å². The number of ether oxygens (including phenoxy) is 1. The standard InChI is InChI=1S/C20H14BrCl2N3O2/c21-20-24-18(22)19(23)26(20)11-16-10-17(25-28-16)14-6-8-15(9-7-14)27-12-13-4-2-1-3-5-13/h1-10H,11-12H2. The first-order valence-electron chi connectivity index (χ1n) is 8.40. The van der Waals surface area contributed by atoms with Crippen LogP contribution in [-0.2, 0) is 13.2 Å². The maximum absolute atomic E-state index is 6.14. The summed E-state index contributed by atoms with van der Waals surface area (Å²) in [6.45, 7) is 0.891. The van der Waals surface area contributed by atoms with Gasteiger partial charge in [0.15, 0.2) is 15.6 Å². The second-order valence-corrected chi connectivity index (χ2v) is 7.45. The molecule has 8 heteroatoms. The zero-order chi connectivity index (χ0) is 19.5. The predicted octanol–water partition coefficient (Wildman–Crippen LogP) is 6.23. The lowest BCUT2D eigenvalue weighted by Crippen LogP contribution is -1.98. The SMILES string of the molecule is Clc1nc(Br)n(Cc2cc(-c3ccc(OCc4ccccc4)cc3)no2)c1Cl. The van der Waals surface area contributed by atoms with Crippen LogP contribution in [0.3, 0.4) is 0 Å². The lowest BCUT2D eigenvalue weighted by molar-refractivity contribution is 0.306. The van der Waals surface area contributed by atoms with E-state index in [9.17, 15) is 0 Å². The summed E-state index contributed by atoms with van der Waals surface area (Å²) >= 11 is 15.4. The van der Waals surface area contributed by atoms with Crippen molar-refractivity contribution in [2.24, 2.45) is 0 Å². The van der Waals surface area contributed by atoms with Gasteiger partial charge in [-0.3, -0.25) is 0 Å². The van der Waals surface area contributed by atoms with Gasteiger partial charge in [-0.25, -0.2) is 4.98 Å². The molecule has 5 nitrogen and oxygen atoms in total. The summed E-state index contributed by atoms with van der Waals surface area (Å²) in [5.74, 6) is 1.43. The van der Waals surface area contributed by atoms with Gasteiger partial charge in [0.1, 0.15) is 23.2 Å². The Morgan fingerprint density at radius 2 is 1.79 bits per heavy atom. The van der Waals surface area contributed by atoms with Gasteiger partial charge in [0, 0.05) is 11.6 Å². The van der Waals surface area contributed by atoms with E-state index in [1.807, 2.05) is 60.7 Å². The molecule has 0 aliphatic carbocycles. The van der Waals surface area contributed by atoms with Crippen molar-refractivity contribution >= 4 is 39.1 Å². The van der Waals surface area contributed by atoms with Crippen molar-refractivity contribution in [1.29, 1.82) is 0 Å². The van der Waals surface area contributed by atoms with Crippen molar-refractivity contribution in [2.75, 3.05) is 0 Å². The maximum Gasteiger partial charge on any atom is 0.180 e. The Kier molecular flexibility index (Phi) is 5.71. The number of aromatic nitrogens is 3. The Morgan fingerprint density at radius 3 is 2.46 bits per heavy atom. The van der Waals surface area contributed by atoms with Crippen LogP contribution in [-0.4, -0.2) is 14.7 Å². The molecule has 0 unspecified atom stereocenters. The molecule has 0 amide bonds. The first kappa shape index (κ1) is 19.1. The highest BCUT2D eigenvalue weighted by Crippen LogP contribution is 2.28. The Bertz CT molecular complexity index is 1080. The first-order valence-corrected chi connectivity index (χ1v) is 9.95. The van der Waals surface area contributed by atoms with Gasteiger partial charge in [-0.15, -0.1) is 0 Å². The molecule has 0 atom stereocenters. The van der Waals surface area contributed by atoms with Crippen LogP contribution in [0.2, 0.25) is 10.3 Å². The molecule has 0 aliphatic rings. The van der Waals surface area contributed by atoms with Gasteiger partial charge in [0.05, 0.1) is 6.54 Å². The molecule has 0 saturated carbocycles. The number of benzene rings is 2. The zero-order valence-corrected chi connectivity index (χ0v) is 17.6. The highest BCUT2D eigenvalue weighted by Gasteiger charge is 2.15. The molecule has 2 heterocycles. The Labute approximate surface area is 180 Å². The molecule has 142 valence electrons. The molecule has 0 N–H and O–H groups in total. The number of nitrogens with zero attached hydrogens (tertiary/aromatic N) is 3. The van der Waals surface area contributed by atoms with Crippen LogP contribution in [0.15, 0.2) is 69.9 Å². The Hall–Kier alpha value is -2.28. The molecule has 2 aromatic carbocycles. The fraction of sp³-hybridized carbons (Fsp3) is 0.100. The molecule has 4 aromatic rings. The Balaban J connectivity index is 1.43. The molecule has 0 radical (unpaired) electrons. The quantitative estimate of drug-likeness (QED) is 0.329. The summed E-state index contributed by atoms with van der Waals surface area (Å²) in [4.78, 5) is 4.06. The lowest BCUT2D eigenvalue weighted by Gasteiger charge is -2.06. The largest absolute Gasteiger partial charge is 0.489 e. The number of hydrogen-bond donors (Lipinski definition) is 0. The molecule has 0 bridgehead atoms. The van der Waals surface area contributed by atoms with E-state index in [-0.39, 0.29) is 5.15 Å². The van der Waals surface area contributed by atoms with Crippen LogP contribution < -0.4 is 4.74 Å². The smallest absolute Gasteiger partial charge is 0.180 e. The van der Waals surface area contributed by atoms with E-state index in [2.05, 4.69) is 26.1 Å². The van der Waals surface area contributed by atoms with Crippen molar-refractivity contribution in [3.8, 4) is 17.0 Å². The highest BCUT2D eigenvalue weighted by atomic mass is 79.9. The van der Waals surface area contributed by atoms with Crippen molar-refractivity contribution in [3.05, 3.63) is 87.0 Å². The van der Waals surface area contributed by atoms with E-state index in [1.165, 1.54) is 0 Å². The maximum atomic E-state index is 6.14. The van der Waals surface area contributed by atoms with Crippen LogP contribution in [0.25, 0.3) is 11.3 Å². The molecule has 0 fully saturated rings. The minimum Gasteiger partial charge on any atom is -0.489 e. The average Bonchev–Trinajstić information content (AvgIpc) is 3.28. The second-order valence-electron chi connectivity index (χ2n) is 6.03. The monoisotopic (exact) mass is 477 g/mol. The van der Waals surface area contributed by atoms with Crippen molar-refractivity contribution in [2.45, 2.75) is 13.2 Å². The molecular weight excluding hydrogens is 465 g/mol. The number of rotatable bonds is 6. The van der Waals surface area contributed by atoms with Crippen molar-refractivity contribution in [3.63, 3.8) is 0 Å². The summed E-state index contributed by atoms with van der Waals surface area (Å²) in [5, 5.41) is 4.71. The minimum atomic E-state index is 0.236. The summed E-state index contributed by atoms with van der Waals surface area (Å²) in [6, 6.07) is 19.6. The van der Waals surface area contributed by atoms with E-state index < -0.39 is 0 Å². The summed E-state index contributed by atoms with van der Waals surface area (Å²) < 4.78 is 13.5. The highest BCUT2D eigenvalue weighted by molar-refractivity contribution is 9.10. The van der Waals surface area contributed by atoms with Crippen LogP contribution in [0.1, 0.15) is 11.3 Å². The fourth-order valence-electron chi connectivity index (χ4n) is 2.66. The molecule has 2 aromatic heterocycles. The number of imidazole rings is 1. The van der Waals surface area contributed by atoms with Gasteiger partial charge < -0.3 is 13.8 Å². The van der Waals surface area contributed by atoms with E-state index in [0.29, 0.717) is 28.8 Å². The third-order valence-electron chi connectivity index (χ3n) is 4.09. The Morgan fingerprint density at radius 1 is 1.04 bits per heavy atom. The topological polar surface area (TPSA) is 53.1 Å². The predicted molar refractivity (Wildman–Crippen MR) is 112 cm³/mol. The first-order chi connectivity index (χ1) is 13.6. The van der Waals surface area contributed by atoms with Crippen molar-refractivity contribution < 1.29 is 9.26 Å².